The van der Waals surface area contributed by atoms with Crippen molar-refractivity contribution in [3.05, 3.63) is 38.3 Å². The first-order valence-corrected chi connectivity index (χ1v) is 6.26. The highest BCUT2D eigenvalue weighted by Crippen LogP contribution is 2.12. The number of aryl methyl sites for hydroxylation is 3. The van der Waals surface area contributed by atoms with Crippen molar-refractivity contribution in [3.8, 4) is 5.95 Å². The zero-order valence-corrected chi connectivity index (χ0v) is 11.4. The lowest BCUT2D eigenvalue weighted by Crippen LogP contribution is -2.22. The van der Waals surface area contributed by atoms with Gasteiger partial charge >= 0.3 is 0 Å². The van der Waals surface area contributed by atoms with E-state index in [1.165, 1.54) is 15.3 Å². The Morgan fingerprint density at radius 3 is 2.75 bits per heavy atom. The lowest BCUT2D eigenvalue weighted by atomic mass is 10.2. The third-order valence-electron chi connectivity index (χ3n) is 3.32. The molecule has 0 atom stereocenters. The van der Waals surface area contributed by atoms with E-state index in [0.717, 1.165) is 0 Å². The number of nitrogens with one attached hydrogen (secondary N) is 2. The molecule has 3 rings (SSSR count). The monoisotopic (exact) mass is 274 g/mol. The van der Waals surface area contributed by atoms with Crippen molar-refractivity contribution >= 4 is 10.9 Å². The number of fused-ring (bicyclic) bond motifs is 1. The zero-order valence-electron chi connectivity index (χ0n) is 11.4. The Morgan fingerprint density at radius 1 is 1.35 bits per heavy atom. The third-order valence-corrected chi connectivity index (χ3v) is 3.32. The van der Waals surface area contributed by atoms with E-state index in [1.54, 1.807) is 14.0 Å². The number of pyridine rings is 1. The van der Waals surface area contributed by atoms with Crippen molar-refractivity contribution in [2.45, 2.75) is 20.3 Å². The van der Waals surface area contributed by atoms with Gasteiger partial charge in [-0.05, 0) is 6.92 Å². The van der Waals surface area contributed by atoms with Crippen LogP contribution in [0, 0.1) is 6.92 Å². The molecule has 2 N–H and O–H groups in total. The molecule has 0 radical (unpaired) electrons. The van der Waals surface area contributed by atoms with Crippen molar-refractivity contribution in [3.63, 3.8) is 0 Å². The summed E-state index contributed by atoms with van der Waals surface area (Å²) in [7, 11) is 1.61. The lowest BCUT2D eigenvalue weighted by molar-refractivity contribution is 0.751. The molecule has 0 unspecified atom stereocenters. The molecule has 0 saturated carbocycles. The van der Waals surface area contributed by atoms with Crippen molar-refractivity contribution in [2.75, 3.05) is 0 Å². The summed E-state index contributed by atoms with van der Waals surface area (Å²) in [4.78, 5) is 28.5. The van der Waals surface area contributed by atoms with Crippen LogP contribution in [0.15, 0.2) is 15.7 Å². The molecule has 8 nitrogen and oxygen atoms in total. The molecule has 3 aromatic heterocycles. The number of hydrogen-bond acceptors (Lipinski definition) is 4. The molecule has 0 saturated heterocycles. The average Bonchev–Trinajstić information content (AvgIpc) is 2.96. The molecule has 0 aliphatic rings. The number of H-pyrrole nitrogens is 2. The van der Waals surface area contributed by atoms with E-state index in [1.807, 2.05) is 6.92 Å². The topological polar surface area (TPSA) is 101 Å². The van der Waals surface area contributed by atoms with E-state index in [0.29, 0.717) is 28.8 Å². The Hall–Kier alpha value is -2.64. The predicted molar refractivity (Wildman–Crippen MR) is 73.2 cm³/mol. The van der Waals surface area contributed by atoms with E-state index in [2.05, 4.69) is 20.3 Å². The maximum Gasteiger partial charge on any atom is 0.275 e. The summed E-state index contributed by atoms with van der Waals surface area (Å²) >= 11 is 0. The van der Waals surface area contributed by atoms with Gasteiger partial charge in [0.1, 0.15) is 5.82 Å². The first-order chi connectivity index (χ1) is 9.52. The summed E-state index contributed by atoms with van der Waals surface area (Å²) in [5.74, 6) is 0.947. The molecule has 3 aromatic rings. The second-order valence-electron chi connectivity index (χ2n) is 4.60. The molecule has 0 fully saturated rings. The van der Waals surface area contributed by atoms with Crippen LogP contribution in [0.4, 0.5) is 0 Å². The van der Waals surface area contributed by atoms with Gasteiger partial charge in [0.15, 0.2) is 0 Å². The number of aromatic amines is 2. The molecule has 0 amide bonds. The van der Waals surface area contributed by atoms with Crippen LogP contribution in [0.25, 0.3) is 16.9 Å². The smallest absolute Gasteiger partial charge is 0.275 e. The molecule has 0 aliphatic carbocycles. The van der Waals surface area contributed by atoms with Crippen molar-refractivity contribution < 1.29 is 0 Å². The summed E-state index contributed by atoms with van der Waals surface area (Å²) in [6.45, 7) is 3.64. The number of rotatable bonds is 2. The van der Waals surface area contributed by atoms with E-state index in [9.17, 15) is 9.59 Å². The van der Waals surface area contributed by atoms with Gasteiger partial charge in [-0.1, -0.05) is 6.92 Å². The minimum atomic E-state index is -0.279. The Labute approximate surface area is 113 Å². The fraction of sp³-hybridized carbons (Fsp3) is 0.333. The van der Waals surface area contributed by atoms with Gasteiger partial charge in [-0.15, -0.1) is 5.10 Å². The summed E-state index contributed by atoms with van der Waals surface area (Å²) in [6.07, 6.45) is 0.689. The second kappa shape index (κ2) is 4.19. The van der Waals surface area contributed by atoms with Gasteiger partial charge in [-0.2, -0.15) is 4.98 Å². The summed E-state index contributed by atoms with van der Waals surface area (Å²) in [5, 5.41) is 10.1. The Morgan fingerprint density at radius 2 is 2.10 bits per heavy atom. The van der Waals surface area contributed by atoms with Crippen molar-refractivity contribution in [1.29, 1.82) is 0 Å². The summed E-state index contributed by atoms with van der Waals surface area (Å²) < 4.78 is 2.68. The molecular weight excluding hydrogens is 260 g/mol. The quantitative estimate of drug-likeness (QED) is 0.687. The molecule has 3 heterocycles. The molecule has 0 aliphatic heterocycles. The van der Waals surface area contributed by atoms with Gasteiger partial charge in [0.2, 0.25) is 0 Å². The maximum absolute atomic E-state index is 12.2. The van der Waals surface area contributed by atoms with Crippen LogP contribution in [0.2, 0.25) is 0 Å². The standard InChI is InChI=1S/C12H14N6O2/c1-4-8-13-12(15-14-8)18-6(2)10-7(5-9(18)19)16-17(3)11(10)20/h5,16H,4H2,1-3H3,(H,13,14,15). The van der Waals surface area contributed by atoms with E-state index >= 15 is 0 Å². The van der Waals surface area contributed by atoms with Gasteiger partial charge in [0, 0.05) is 25.2 Å². The molecule has 8 heteroatoms. The van der Waals surface area contributed by atoms with Gasteiger partial charge in [-0.25, -0.2) is 4.57 Å². The van der Waals surface area contributed by atoms with Gasteiger partial charge < -0.3 is 0 Å². The van der Waals surface area contributed by atoms with Crippen LogP contribution in [-0.2, 0) is 13.5 Å². The first-order valence-electron chi connectivity index (χ1n) is 6.26. The van der Waals surface area contributed by atoms with Crippen LogP contribution in [0.3, 0.4) is 0 Å². The third kappa shape index (κ3) is 1.61. The molecule has 0 aromatic carbocycles. The maximum atomic E-state index is 12.2. The fourth-order valence-electron chi connectivity index (χ4n) is 2.28. The first kappa shape index (κ1) is 12.4. The van der Waals surface area contributed by atoms with E-state index < -0.39 is 0 Å². The van der Waals surface area contributed by atoms with Crippen molar-refractivity contribution in [2.24, 2.45) is 7.05 Å². The highest BCUT2D eigenvalue weighted by atomic mass is 16.1. The van der Waals surface area contributed by atoms with Crippen LogP contribution in [-0.4, -0.2) is 29.5 Å². The molecule has 104 valence electrons. The van der Waals surface area contributed by atoms with Crippen molar-refractivity contribution in [1.82, 2.24) is 29.5 Å². The number of hydrogen-bond donors (Lipinski definition) is 2. The van der Waals surface area contributed by atoms with Gasteiger partial charge in [-0.3, -0.25) is 24.5 Å². The Kier molecular flexibility index (Phi) is 2.60. The summed E-state index contributed by atoms with van der Waals surface area (Å²) in [5.41, 5.74) is 0.578. The minimum Gasteiger partial charge on any atom is -0.295 e. The Balaban J connectivity index is 2.38. The van der Waals surface area contributed by atoms with Crippen LogP contribution in [0.1, 0.15) is 18.4 Å². The van der Waals surface area contributed by atoms with Gasteiger partial charge in [0.25, 0.3) is 17.1 Å². The zero-order chi connectivity index (χ0) is 14.4. The van der Waals surface area contributed by atoms with Gasteiger partial charge in [0.05, 0.1) is 10.9 Å². The van der Waals surface area contributed by atoms with E-state index in [4.69, 9.17) is 0 Å². The molecule has 20 heavy (non-hydrogen) atoms. The molecule has 0 spiro atoms. The number of aromatic nitrogens is 6. The SMILES string of the molecule is CCc1nc(-n2c(C)c3c(=O)n(C)[nH]c3cc2=O)n[nH]1. The van der Waals surface area contributed by atoms with Crippen LogP contribution in [0.5, 0.6) is 0 Å². The normalized spacial score (nSPS) is 11.3. The molecule has 0 bridgehead atoms. The number of nitrogens with zero attached hydrogens (tertiary/aromatic N) is 4. The molecular formula is C12H14N6O2. The second-order valence-corrected chi connectivity index (χ2v) is 4.60. The summed E-state index contributed by atoms with van der Waals surface area (Å²) in [6, 6.07) is 1.38. The minimum absolute atomic E-state index is 0.183. The van der Waals surface area contributed by atoms with Crippen LogP contribution >= 0.6 is 0 Å². The van der Waals surface area contributed by atoms with Crippen LogP contribution < -0.4 is 11.1 Å². The largest absolute Gasteiger partial charge is 0.295 e. The highest BCUT2D eigenvalue weighted by Gasteiger charge is 2.16. The average molecular weight is 274 g/mol. The lowest BCUT2D eigenvalue weighted by Gasteiger charge is -2.04. The van der Waals surface area contributed by atoms with E-state index in [-0.39, 0.29) is 17.1 Å². The highest BCUT2D eigenvalue weighted by molar-refractivity contribution is 5.80. The Bertz CT molecular complexity index is 910. The fourth-order valence-corrected chi connectivity index (χ4v) is 2.28. The predicted octanol–water partition coefficient (Wildman–Crippen LogP) is 0.00642.